The van der Waals surface area contributed by atoms with E-state index in [1.807, 2.05) is 44.2 Å². The van der Waals surface area contributed by atoms with Gasteiger partial charge in [-0.05, 0) is 56.4 Å². The minimum absolute atomic E-state index is 0.0908. The standard InChI is InChI=1S/C27H36N2O6/c1-18(2)15-23(25(32)34-17-20-9-7-6-8-10-20)28-24(31)22(29-26(33)35-27(3,4)5)16-19-11-13-21(30)14-12-19/h6-14,18,22-23,30H,15-17H2,1-5H3,(H,28,31)(H,29,33). The SMILES string of the molecule is CC(C)CC(NC(=O)C(Cc1ccc(O)cc1)NC(=O)OC(C)(C)C)C(=O)OCc1ccccc1. The molecule has 0 spiro atoms. The fraction of sp³-hybridized carbons (Fsp3) is 0.444. The molecule has 0 radical (unpaired) electrons. The van der Waals surface area contributed by atoms with Gasteiger partial charge in [0, 0.05) is 6.42 Å². The van der Waals surface area contributed by atoms with Crippen molar-refractivity contribution in [3.05, 3.63) is 65.7 Å². The molecule has 2 aromatic carbocycles. The predicted octanol–water partition coefficient (Wildman–Crippen LogP) is 4.10. The Bertz CT molecular complexity index is 967. The molecule has 0 aliphatic carbocycles. The lowest BCUT2D eigenvalue weighted by Gasteiger charge is -2.25. The number of ether oxygens (including phenoxy) is 2. The van der Waals surface area contributed by atoms with Gasteiger partial charge in [-0.3, -0.25) is 4.79 Å². The number of hydrogen-bond acceptors (Lipinski definition) is 6. The first-order valence-electron chi connectivity index (χ1n) is 11.7. The van der Waals surface area contributed by atoms with Crippen LogP contribution >= 0.6 is 0 Å². The molecule has 0 heterocycles. The summed E-state index contributed by atoms with van der Waals surface area (Å²) in [6, 6.07) is 13.7. The van der Waals surface area contributed by atoms with Gasteiger partial charge in [-0.2, -0.15) is 0 Å². The van der Waals surface area contributed by atoms with Gasteiger partial charge in [-0.25, -0.2) is 9.59 Å². The number of hydrogen-bond donors (Lipinski definition) is 3. The van der Waals surface area contributed by atoms with Crippen LogP contribution in [-0.2, 0) is 32.1 Å². The van der Waals surface area contributed by atoms with Crippen molar-refractivity contribution in [1.82, 2.24) is 10.6 Å². The molecule has 8 nitrogen and oxygen atoms in total. The predicted molar refractivity (Wildman–Crippen MR) is 133 cm³/mol. The van der Waals surface area contributed by atoms with Crippen molar-refractivity contribution in [1.29, 1.82) is 0 Å². The van der Waals surface area contributed by atoms with Gasteiger partial charge in [0.05, 0.1) is 0 Å². The Labute approximate surface area is 207 Å². The van der Waals surface area contributed by atoms with Crippen LogP contribution in [0.1, 0.15) is 52.2 Å². The molecule has 2 rings (SSSR count). The molecular weight excluding hydrogens is 448 g/mol. The van der Waals surface area contributed by atoms with Gasteiger partial charge >= 0.3 is 12.1 Å². The number of phenolic OH excluding ortho intramolecular Hbond substituents is 1. The number of esters is 1. The van der Waals surface area contributed by atoms with E-state index in [-0.39, 0.29) is 24.7 Å². The summed E-state index contributed by atoms with van der Waals surface area (Å²) in [7, 11) is 0. The highest BCUT2D eigenvalue weighted by molar-refractivity contribution is 5.90. The highest BCUT2D eigenvalue weighted by Crippen LogP contribution is 2.14. The van der Waals surface area contributed by atoms with Gasteiger partial charge < -0.3 is 25.2 Å². The Morgan fingerprint density at radius 2 is 1.51 bits per heavy atom. The third-order valence-electron chi connectivity index (χ3n) is 4.92. The second-order valence-electron chi connectivity index (χ2n) is 9.85. The molecule has 2 atom stereocenters. The van der Waals surface area contributed by atoms with E-state index in [1.165, 1.54) is 12.1 Å². The highest BCUT2D eigenvalue weighted by Gasteiger charge is 2.30. The molecule has 35 heavy (non-hydrogen) atoms. The number of aromatic hydroxyl groups is 1. The van der Waals surface area contributed by atoms with Crippen LogP contribution in [0.4, 0.5) is 4.79 Å². The molecule has 0 aliphatic rings. The molecule has 190 valence electrons. The lowest BCUT2D eigenvalue weighted by Crippen LogP contribution is -2.53. The molecule has 0 aliphatic heterocycles. The van der Waals surface area contributed by atoms with Crippen molar-refractivity contribution < 1.29 is 29.0 Å². The van der Waals surface area contributed by atoms with Crippen LogP contribution < -0.4 is 10.6 Å². The molecule has 0 saturated carbocycles. The highest BCUT2D eigenvalue weighted by atomic mass is 16.6. The van der Waals surface area contributed by atoms with E-state index in [1.54, 1.807) is 32.9 Å². The van der Waals surface area contributed by atoms with Crippen molar-refractivity contribution in [3.63, 3.8) is 0 Å². The third-order valence-corrected chi connectivity index (χ3v) is 4.92. The Morgan fingerprint density at radius 3 is 2.09 bits per heavy atom. The summed E-state index contributed by atoms with van der Waals surface area (Å²) in [6.45, 7) is 9.15. The summed E-state index contributed by atoms with van der Waals surface area (Å²) in [5.41, 5.74) is 0.809. The zero-order valence-electron chi connectivity index (χ0n) is 21.0. The number of phenols is 1. The zero-order valence-corrected chi connectivity index (χ0v) is 21.0. The Morgan fingerprint density at radius 1 is 0.886 bits per heavy atom. The summed E-state index contributed by atoms with van der Waals surface area (Å²) in [4.78, 5) is 38.5. The second kappa shape index (κ2) is 12.8. The molecule has 3 N–H and O–H groups in total. The summed E-state index contributed by atoms with van der Waals surface area (Å²) in [6.07, 6.45) is -0.236. The lowest BCUT2D eigenvalue weighted by molar-refractivity contribution is -0.149. The fourth-order valence-corrected chi connectivity index (χ4v) is 3.31. The maximum Gasteiger partial charge on any atom is 0.408 e. The molecule has 8 heteroatoms. The Balaban J connectivity index is 2.15. The van der Waals surface area contributed by atoms with E-state index in [9.17, 15) is 19.5 Å². The van der Waals surface area contributed by atoms with Crippen LogP contribution in [0.15, 0.2) is 54.6 Å². The number of alkyl carbamates (subject to hydrolysis) is 1. The van der Waals surface area contributed by atoms with Crippen molar-refractivity contribution in [2.45, 2.75) is 71.8 Å². The van der Waals surface area contributed by atoms with Crippen molar-refractivity contribution in [2.75, 3.05) is 0 Å². The zero-order chi connectivity index (χ0) is 26.0. The molecule has 2 amide bonds. The van der Waals surface area contributed by atoms with E-state index in [2.05, 4.69) is 10.6 Å². The average Bonchev–Trinajstić information content (AvgIpc) is 2.77. The van der Waals surface area contributed by atoms with Crippen molar-refractivity contribution in [3.8, 4) is 5.75 Å². The van der Waals surface area contributed by atoms with E-state index < -0.39 is 35.7 Å². The van der Waals surface area contributed by atoms with Crippen molar-refractivity contribution >= 4 is 18.0 Å². The second-order valence-corrected chi connectivity index (χ2v) is 9.85. The van der Waals surface area contributed by atoms with E-state index >= 15 is 0 Å². The number of carbonyl (C=O) groups excluding carboxylic acids is 3. The Kier molecular flexibility index (Phi) is 10.1. The minimum Gasteiger partial charge on any atom is -0.508 e. The first-order valence-corrected chi connectivity index (χ1v) is 11.7. The third kappa shape index (κ3) is 10.5. The Hall–Kier alpha value is -3.55. The number of benzene rings is 2. The maximum absolute atomic E-state index is 13.2. The van der Waals surface area contributed by atoms with Gasteiger partial charge in [0.25, 0.3) is 0 Å². The van der Waals surface area contributed by atoms with Crippen LogP contribution in [0.3, 0.4) is 0 Å². The molecule has 2 aromatic rings. The number of carbonyl (C=O) groups is 3. The quantitative estimate of drug-likeness (QED) is 0.438. The largest absolute Gasteiger partial charge is 0.508 e. The van der Waals surface area contributed by atoms with Gasteiger partial charge in [0.1, 0.15) is 30.0 Å². The monoisotopic (exact) mass is 484 g/mol. The smallest absolute Gasteiger partial charge is 0.408 e. The van der Waals surface area contributed by atoms with Crippen molar-refractivity contribution in [2.24, 2.45) is 5.92 Å². The van der Waals surface area contributed by atoms with Crippen LogP contribution in [0.2, 0.25) is 0 Å². The topological polar surface area (TPSA) is 114 Å². The normalized spacial score (nSPS) is 13.0. The summed E-state index contributed by atoms with van der Waals surface area (Å²) < 4.78 is 10.8. The molecule has 0 aromatic heterocycles. The number of nitrogens with one attached hydrogen (secondary N) is 2. The van der Waals surface area contributed by atoms with Crippen LogP contribution in [0.25, 0.3) is 0 Å². The minimum atomic E-state index is -1.01. The molecular formula is C27H36N2O6. The number of amides is 2. The summed E-state index contributed by atoms with van der Waals surface area (Å²) >= 11 is 0. The van der Waals surface area contributed by atoms with Gasteiger partial charge in [-0.1, -0.05) is 56.3 Å². The van der Waals surface area contributed by atoms with Crippen LogP contribution in [0.5, 0.6) is 5.75 Å². The summed E-state index contributed by atoms with van der Waals surface area (Å²) in [5, 5.41) is 14.9. The van der Waals surface area contributed by atoms with Gasteiger partial charge in [0.2, 0.25) is 5.91 Å². The van der Waals surface area contributed by atoms with E-state index in [0.29, 0.717) is 12.0 Å². The summed E-state index contributed by atoms with van der Waals surface area (Å²) in [5.74, 6) is -0.880. The molecule has 0 saturated heterocycles. The van der Waals surface area contributed by atoms with E-state index in [4.69, 9.17) is 9.47 Å². The van der Waals surface area contributed by atoms with E-state index in [0.717, 1.165) is 5.56 Å². The van der Waals surface area contributed by atoms with Gasteiger partial charge in [-0.15, -0.1) is 0 Å². The molecule has 0 fully saturated rings. The fourth-order valence-electron chi connectivity index (χ4n) is 3.31. The lowest BCUT2D eigenvalue weighted by atomic mass is 10.0. The average molecular weight is 485 g/mol. The first kappa shape index (κ1) is 27.7. The maximum atomic E-state index is 13.2. The van der Waals surface area contributed by atoms with Crippen LogP contribution in [0, 0.1) is 5.92 Å². The van der Waals surface area contributed by atoms with Crippen LogP contribution in [-0.4, -0.2) is 40.8 Å². The molecule has 2 unspecified atom stereocenters. The van der Waals surface area contributed by atoms with Gasteiger partial charge in [0.15, 0.2) is 0 Å². The first-order chi connectivity index (χ1) is 16.4. The number of rotatable bonds is 10. The molecule has 0 bridgehead atoms.